The van der Waals surface area contributed by atoms with Gasteiger partial charge in [-0.1, -0.05) is 54.6 Å². The molecular weight excluding hydrogens is 419 g/mol. The number of rotatable bonds is 8. The molecule has 4 aromatic rings. The van der Waals surface area contributed by atoms with Gasteiger partial charge >= 0.3 is 7.48 Å². The number of pyridine rings is 1. The maximum atomic E-state index is 10.3. The van der Waals surface area contributed by atoms with E-state index < -0.39 is 11.2 Å². The minimum absolute atomic E-state index is 0.395. The molecular formula is C29H31BN2O2. The third-order valence-corrected chi connectivity index (χ3v) is 6.35. The highest BCUT2D eigenvalue weighted by Crippen LogP contribution is 2.35. The first-order valence-electron chi connectivity index (χ1n) is 11.6. The van der Waals surface area contributed by atoms with Crippen LogP contribution in [-0.4, -0.2) is 28.8 Å². The van der Waals surface area contributed by atoms with Gasteiger partial charge in [-0.05, 0) is 75.6 Å². The maximum Gasteiger partial charge on any atom is 0.311 e. The van der Waals surface area contributed by atoms with Gasteiger partial charge in [0.1, 0.15) is 0 Å². The van der Waals surface area contributed by atoms with E-state index in [1.807, 2.05) is 44.3 Å². The number of benzene rings is 3. The van der Waals surface area contributed by atoms with Crippen molar-refractivity contribution in [3.05, 3.63) is 103 Å². The quantitative estimate of drug-likeness (QED) is 0.347. The lowest BCUT2D eigenvalue weighted by Gasteiger charge is -2.37. The highest BCUT2D eigenvalue weighted by molar-refractivity contribution is 6.46. The Kier molecular flexibility index (Phi) is 6.87. The summed E-state index contributed by atoms with van der Waals surface area (Å²) in [6, 6.07) is 33.2. The van der Waals surface area contributed by atoms with Crippen molar-refractivity contribution >= 4 is 30.0 Å². The van der Waals surface area contributed by atoms with E-state index in [0.29, 0.717) is 7.48 Å². The lowest BCUT2D eigenvalue weighted by molar-refractivity contribution is -0.0893. The molecule has 5 heteroatoms. The summed E-state index contributed by atoms with van der Waals surface area (Å²) in [6.07, 6.45) is 1.84. The highest BCUT2D eigenvalue weighted by atomic mass is 16.5. The average molecular weight is 450 g/mol. The molecule has 34 heavy (non-hydrogen) atoms. The number of anilines is 3. The number of aromatic nitrogens is 1. The van der Waals surface area contributed by atoms with Crippen LogP contribution in [0.2, 0.25) is 0 Å². The summed E-state index contributed by atoms with van der Waals surface area (Å²) in [7, 11) is 0.395. The first kappa shape index (κ1) is 23.7. The lowest BCUT2D eigenvalue weighted by Crippen LogP contribution is -2.49. The van der Waals surface area contributed by atoms with Gasteiger partial charge in [0.2, 0.25) is 0 Å². The fourth-order valence-corrected chi connectivity index (χ4v) is 3.50. The maximum absolute atomic E-state index is 10.3. The summed E-state index contributed by atoms with van der Waals surface area (Å²) in [5.74, 6) is 0. The minimum atomic E-state index is -0.935. The molecule has 1 aromatic heterocycles. The minimum Gasteiger partial charge on any atom is -0.427 e. The summed E-state index contributed by atoms with van der Waals surface area (Å²) in [6.45, 7) is 7.30. The fraction of sp³-hybridized carbons (Fsp3) is 0.207. The predicted molar refractivity (Wildman–Crippen MR) is 143 cm³/mol. The molecule has 0 saturated heterocycles. The molecule has 172 valence electrons. The van der Waals surface area contributed by atoms with Crippen molar-refractivity contribution in [1.29, 1.82) is 0 Å². The number of hydrogen-bond acceptors (Lipinski definition) is 4. The molecule has 1 N–H and O–H groups in total. The number of hydrogen-bond donors (Lipinski definition) is 1. The third-order valence-electron chi connectivity index (χ3n) is 6.35. The standard InChI is InChI=1S/C29H31BN2O2/c1-28(2,33)29(3,4)34-30-23-17-20-27(31-21-23)22-15-18-26(19-16-22)32(24-11-7-5-8-12-24)25-13-9-6-10-14-25/h5-21,30,33H,1-4H3. The molecule has 0 bridgehead atoms. The fourth-order valence-electron chi connectivity index (χ4n) is 3.50. The van der Waals surface area contributed by atoms with Crippen LogP contribution in [0.25, 0.3) is 11.3 Å². The third kappa shape index (κ3) is 5.38. The van der Waals surface area contributed by atoms with E-state index in [1.165, 1.54) is 0 Å². The molecule has 0 aliphatic heterocycles. The van der Waals surface area contributed by atoms with E-state index in [2.05, 4.69) is 82.7 Å². The summed E-state index contributed by atoms with van der Waals surface area (Å²) < 4.78 is 5.96. The zero-order valence-electron chi connectivity index (χ0n) is 20.3. The number of aliphatic hydroxyl groups is 1. The molecule has 0 saturated carbocycles. The van der Waals surface area contributed by atoms with E-state index in [0.717, 1.165) is 33.8 Å². The summed E-state index contributed by atoms with van der Waals surface area (Å²) in [5.41, 5.74) is 4.63. The molecule has 0 aliphatic carbocycles. The smallest absolute Gasteiger partial charge is 0.311 e. The monoisotopic (exact) mass is 450 g/mol. The van der Waals surface area contributed by atoms with E-state index in [1.54, 1.807) is 13.8 Å². The SMILES string of the molecule is CC(C)(O)C(C)(C)OBc1ccc(-c2ccc(N(c3ccccc3)c3ccccc3)cc2)nc1. The average Bonchev–Trinajstić information content (AvgIpc) is 2.84. The summed E-state index contributed by atoms with van der Waals surface area (Å²) in [5, 5.41) is 10.3. The van der Waals surface area contributed by atoms with Crippen LogP contribution in [0.15, 0.2) is 103 Å². The van der Waals surface area contributed by atoms with Gasteiger partial charge in [0.25, 0.3) is 0 Å². The van der Waals surface area contributed by atoms with Gasteiger partial charge in [-0.15, -0.1) is 0 Å². The molecule has 4 nitrogen and oxygen atoms in total. The molecule has 4 rings (SSSR count). The predicted octanol–water partition coefficient (Wildman–Crippen LogP) is 5.76. The second kappa shape index (κ2) is 9.84. The van der Waals surface area contributed by atoms with Gasteiger partial charge in [0, 0.05) is 28.8 Å². The van der Waals surface area contributed by atoms with Crippen LogP contribution in [-0.2, 0) is 4.65 Å². The van der Waals surface area contributed by atoms with Gasteiger partial charge in [-0.3, -0.25) is 4.98 Å². The largest absolute Gasteiger partial charge is 0.427 e. The molecule has 0 fully saturated rings. The normalized spacial score (nSPS) is 11.8. The van der Waals surface area contributed by atoms with Crippen LogP contribution in [0.4, 0.5) is 17.1 Å². The van der Waals surface area contributed by atoms with Gasteiger partial charge in [-0.2, -0.15) is 0 Å². The second-order valence-corrected chi connectivity index (χ2v) is 9.46. The molecule has 0 radical (unpaired) electrons. The van der Waals surface area contributed by atoms with E-state index in [9.17, 15) is 5.11 Å². The van der Waals surface area contributed by atoms with E-state index in [4.69, 9.17) is 4.65 Å². The van der Waals surface area contributed by atoms with Gasteiger partial charge in [0.05, 0.1) is 16.9 Å². The van der Waals surface area contributed by atoms with Crippen molar-refractivity contribution in [2.75, 3.05) is 4.90 Å². The van der Waals surface area contributed by atoms with Crippen molar-refractivity contribution < 1.29 is 9.76 Å². The van der Waals surface area contributed by atoms with Crippen LogP contribution < -0.4 is 10.4 Å². The Morgan fingerprint density at radius 1 is 0.706 bits per heavy atom. The number of nitrogens with zero attached hydrogens (tertiary/aromatic N) is 2. The topological polar surface area (TPSA) is 45.6 Å². The van der Waals surface area contributed by atoms with E-state index >= 15 is 0 Å². The first-order valence-corrected chi connectivity index (χ1v) is 11.6. The van der Waals surface area contributed by atoms with Crippen molar-refractivity contribution in [1.82, 2.24) is 4.98 Å². The zero-order valence-corrected chi connectivity index (χ0v) is 20.3. The summed E-state index contributed by atoms with van der Waals surface area (Å²) >= 11 is 0. The Bertz CT molecular complexity index is 1150. The van der Waals surface area contributed by atoms with E-state index in [-0.39, 0.29) is 0 Å². The lowest BCUT2D eigenvalue weighted by atomic mass is 9.83. The zero-order chi connectivity index (χ0) is 24.2. The molecule has 3 aromatic carbocycles. The Morgan fingerprint density at radius 2 is 1.24 bits per heavy atom. The molecule has 0 unspecified atom stereocenters. The Hall–Kier alpha value is -3.41. The van der Waals surface area contributed by atoms with Crippen LogP contribution in [0.1, 0.15) is 27.7 Å². The van der Waals surface area contributed by atoms with Crippen molar-refractivity contribution in [2.24, 2.45) is 0 Å². The van der Waals surface area contributed by atoms with Crippen molar-refractivity contribution in [3.8, 4) is 11.3 Å². The second-order valence-electron chi connectivity index (χ2n) is 9.46. The molecule has 0 atom stereocenters. The molecule has 0 spiro atoms. The molecule has 0 amide bonds. The number of para-hydroxylation sites is 2. The Balaban J connectivity index is 1.53. The van der Waals surface area contributed by atoms with Gasteiger partial charge < -0.3 is 14.7 Å². The Labute approximate surface area is 203 Å². The Morgan fingerprint density at radius 3 is 1.71 bits per heavy atom. The van der Waals surface area contributed by atoms with Crippen molar-refractivity contribution in [3.63, 3.8) is 0 Å². The summed E-state index contributed by atoms with van der Waals surface area (Å²) in [4.78, 5) is 6.88. The van der Waals surface area contributed by atoms with Crippen LogP contribution in [0.5, 0.6) is 0 Å². The van der Waals surface area contributed by atoms with Crippen LogP contribution >= 0.6 is 0 Å². The van der Waals surface area contributed by atoms with Crippen LogP contribution in [0, 0.1) is 0 Å². The van der Waals surface area contributed by atoms with Gasteiger partial charge in [0.15, 0.2) is 0 Å². The van der Waals surface area contributed by atoms with Crippen molar-refractivity contribution in [2.45, 2.75) is 38.9 Å². The van der Waals surface area contributed by atoms with Crippen LogP contribution in [0.3, 0.4) is 0 Å². The molecule has 0 aliphatic rings. The molecule has 1 heterocycles. The van der Waals surface area contributed by atoms with Gasteiger partial charge in [-0.25, -0.2) is 0 Å². The first-order chi connectivity index (χ1) is 16.2. The highest BCUT2D eigenvalue weighted by Gasteiger charge is 2.35.